The lowest BCUT2D eigenvalue weighted by atomic mass is 10.2. The number of anilines is 3. The predicted molar refractivity (Wildman–Crippen MR) is 84.5 cm³/mol. The summed E-state index contributed by atoms with van der Waals surface area (Å²) in [5.41, 5.74) is 1.49. The minimum atomic E-state index is -0.471. The molecule has 2 N–H and O–H groups in total. The highest BCUT2D eigenvalue weighted by atomic mass is 35.5. The maximum absolute atomic E-state index is 11.1. The number of pyridine rings is 1. The molecule has 110 valence electrons. The largest absolute Gasteiger partial charge is 0.370 e. The summed E-state index contributed by atoms with van der Waals surface area (Å²) in [6.07, 6.45) is 0. The molecule has 1 aromatic carbocycles. The Bertz CT molecular complexity index is 676. The van der Waals surface area contributed by atoms with Gasteiger partial charge >= 0.3 is 5.69 Å². The van der Waals surface area contributed by atoms with Crippen LogP contribution in [0.3, 0.4) is 0 Å². The number of benzene rings is 1. The molecule has 0 saturated carbocycles. The number of nitrogens with one attached hydrogen (secondary N) is 2. The Labute approximate surface area is 127 Å². The summed E-state index contributed by atoms with van der Waals surface area (Å²) in [6.45, 7) is 4.50. The highest BCUT2D eigenvalue weighted by molar-refractivity contribution is 6.31. The maximum atomic E-state index is 11.1. The van der Waals surface area contributed by atoms with Gasteiger partial charge in [-0.05, 0) is 37.6 Å². The average Bonchev–Trinajstić information content (AvgIpc) is 2.43. The summed E-state index contributed by atoms with van der Waals surface area (Å²) in [6, 6.07) is 8.34. The van der Waals surface area contributed by atoms with Gasteiger partial charge in [0, 0.05) is 23.3 Å². The van der Waals surface area contributed by atoms with Crippen LogP contribution in [0, 0.1) is 17.0 Å². The third kappa shape index (κ3) is 3.61. The Morgan fingerprint density at radius 1 is 1.33 bits per heavy atom. The van der Waals surface area contributed by atoms with E-state index in [9.17, 15) is 10.1 Å². The number of aryl methyl sites for hydroxylation is 1. The molecule has 2 rings (SSSR count). The molecule has 1 heterocycles. The van der Waals surface area contributed by atoms with Gasteiger partial charge in [0.05, 0.1) is 4.92 Å². The molecule has 0 aliphatic rings. The van der Waals surface area contributed by atoms with Gasteiger partial charge in [0.2, 0.25) is 5.82 Å². The van der Waals surface area contributed by atoms with Crippen molar-refractivity contribution in [1.82, 2.24) is 4.98 Å². The van der Waals surface area contributed by atoms with E-state index in [4.69, 9.17) is 11.6 Å². The zero-order chi connectivity index (χ0) is 15.4. The fourth-order valence-electron chi connectivity index (χ4n) is 1.78. The van der Waals surface area contributed by atoms with Gasteiger partial charge in [0.15, 0.2) is 0 Å². The average molecular weight is 307 g/mol. The molecule has 7 heteroatoms. The molecule has 2 aromatic rings. The number of aromatic nitrogens is 1. The molecule has 0 aliphatic carbocycles. The Balaban J connectivity index is 2.37. The summed E-state index contributed by atoms with van der Waals surface area (Å²) in [5, 5.41) is 17.6. The van der Waals surface area contributed by atoms with Crippen LogP contribution in [0.2, 0.25) is 5.02 Å². The second-order valence-corrected chi connectivity index (χ2v) is 4.85. The van der Waals surface area contributed by atoms with Gasteiger partial charge in [-0.25, -0.2) is 4.98 Å². The molecule has 6 nitrogen and oxygen atoms in total. The predicted octanol–water partition coefficient (Wildman–Crippen LogP) is 4.13. The Morgan fingerprint density at radius 3 is 2.71 bits per heavy atom. The highest BCUT2D eigenvalue weighted by Crippen LogP contribution is 2.29. The molecule has 0 fully saturated rings. The number of nitrogens with zero attached hydrogens (tertiary/aromatic N) is 2. The summed E-state index contributed by atoms with van der Waals surface area (Å²) in [5.74, 6) is 0.752. The summed E-state index contributed by atoms with van der Waals surface area (Å²) in [4.78, 5) is 14.8. The van der Waals surface area contributed by atoms with E-state index in [2.05, 4.69) is 15.6 Å². The maximum Gasteiger partial charge on any atom is 0.311 e. The molecule has 21 heavy (non-hydrogen) atoms. The second kappa shape index (κ2) is 6.41. The van der Waals surface area contributed by atoms with Gasteiger partial charge in [-0.2, -0.15) is 0 Å². The van der Waals surface area contributed by atoms with Crippen LogP contribution in [-0.4, -0.2) is 16.5 Å². The van der Waals surface area contributed by atoms with Crippen LogP contribution >= 0.6 is 11.6 Å². The van der Waals surface area contributed by atoms with E-state index in [1.807, 2.05) is 19.9 Å². The minimum absolute atomic E-state index is 0.0895. The first-order valence-corrected chi connectivity index (χ1v) is 6.81. The van der Waals surface area contributed by atoms with Gasteiger partial charge in [-0.1, -0.05) is 17.7 Å². The molecule has 0 bridgehead atoms. The zero-order valence-electron chi connectivity index (χ0n) is 11.7. The smallest absolute Gasteiger partial charge is 0.311 e. The lowest BCUT2D eigenvalue weighted by Crippen LogP contribution is -2.04. The summed E-state index contributed by atoms with van der Waals surface area (Å²) in [7, 11) is 0. The lowest BCUT2D eigenvalue weighted by molar-refractivity contribution is -0.384. The topological polar surface area (TPSA) is 80.1 Å². The summed E-state index contributed by atoms with van der Waals surface area (Å²) < 4.78 is 0. The zero-order valence-corrected chi connectivity index (χ0v) is 12.4. The van der Waals surface area contributed by atoms with Crippen LogP contribution in [0.1, 0.15) is 12.5 Å². The van der Waals surface area contributed by atoms with Crippen molar-refractivity contribution >= 4 is 34.6 Å². The first-order chi connectivity index (χ1) is 10.0. The first kappa shape index (κ1) is 15.1. The van der Waals surface area contributed by atoms with E-state index < -0.39 is 4.92 Å². The molecular formula is C14H15ClN4O2. The van der Waals surface area contributed by atoms with E-state index in [1.54, 1.807) is 18.2 Å². The molecule has 1 aromatic heterocycles. The molecule has 0 saturated heterocycles. The quantitative estimate of drug-likeness (QED) is 0.641. The SMILES string of the molecule is CCNc1ccc([N+](=O)[O-])c(Nc2ccc(C)c(Cl)c2)n1. The number of halogens is 1. The van der Waals surface area contributed by atoms with Crippen molar-refractivity contribution in [2.75, 3.05) is 17.2 Å². The number of hydrogen-bond acceptors (Lipinski definition) is 5. The van der Waals surface area contributed by atoms with Crippen molar-refractivity contribution < 1.29 is 4.92 Å². The number of nitro groups is 1. The van der Waals surface area contributed by atoms with Gasteiger partial charge in [0.1, 0.15) is 5.82 Å². The van der Waals surface area contributed by atoms with E-state index in [-0.39, 0.29) is 11.5 Å². The van der Waals surface area contributed by atoms with Gasteiger partial charge < -0.3 is 10.6 Å². The first-order valence-electron chi connectivity index (χ1n) is 6.43. The van der Waals surface area contributed by atoms with Crippen molar-refractivity contribution in [2.24, 2.45) is 0 Å². The Kier molecular flexibility index (Phi) is 4.59. The van der Waals surface area contributed by atoms with E-state index >= 15 is 0 Å². The van der Waals surface area contributed by atoms with Crippen LogP contribution in [0.5, 0.6) is 0 Å². The number of rotatable bonds is 5. The molecule has 0 atom stereocenters. The third-order valence-electron chi connectivity index (χ3n) is 2.86. The molecule has 0 unspecified atom stereocenters. The lowest BCUT2D eigenvalue weighted by Gasteiger charge is -2.10. The van der Waals surface area contributed by atoms with Crippen LogP contribution < -0.4 is 10.6 Å². The Morgan fingerprint density at radius 2 is 2.10 bits per heavy atom. The van der Waals surface area contributed by atoms with Crippen LogP contribution in [0.25, 0.3) is 0 Å². The van der Waals surface area contributed by atoms with E-state index in [0.717, 1.165) is 5.56 Å². The highest BCUT2D eigenvalue weighted by Gasteiger charge is 2.16. The second-order valence-electron chi connectivity index (χ2n) is 4.44. The molecule has 0 amide bonds. The van der Waals surface area contributed by atoms with Crippen LogP contribution in [0.4, 0.5) is 23.0 Å². The molecule has 0 aliphatic heterocycles. The van der Waals surface area contributed by atoms with Crippen molar-refractivity contribution in [3.05, 3.63) is 51.0 Å². The standard InChI is InChI=1S/C14H15ClN4O2/c1-3-16-13-7-6-12(19(20)21)14(18-13)17-10-5-4-9(2)11(15)8-10/h4-8H,3H2,1-2H3,(H2,16,17,18). The number of hydrogen-bond donors (Lipinski definition) is 2. The Hall–Kier alpha value is -2.34. The third-order valence-corrected chi connectivity index (χ3v) is 3.27. The van der Waals surface area contributed by atoms with Crippen molar-refractivity contribution in [1.29, 1.82) is 0 Å². The molecule has 0 radical (unpaired) electrons. The minimum Gasteiger partial charge on any atom is -0.370 e. The van der Waals surface area contributed by atoms with Crippen molar-refractivity contribution in [3.63, 3.8) is 0 Å². The molecular weight excluding hydrogens is 292 g/mol. The van der Waals surface area contributed by atoms with Crippen LogP contribution in [-0.2, 0) is 0 Å². The summed E-state index contributed by atoms with van der Waals surface area (Å²) >= 11 is 6.06. The van der Waals surface area contributed by atoms with Gasteiger partial charge in [-0.15, -0.1) is 0 Å². The van der Waals surface area contributed by atoms with Crippen molar-refractivity contribution in [2.45, 2.75) is 13.8 Å². The van der Waals surface area contributed by atoms with Gasteiger partial charge in [-0.3, -0.25) is 10.1 Å². The fraction of sp³-hybridized carbons (Fsp3) is 0.214. The van der Waals surface area contributed by atoms with E-state index in [0.29, 0.717) is 23.1 Å². The van der Waals surface area contributed by atoms with Gasteiger partial charge in [0.25, 0.3) is 0 Å². The molecule has 0 spiro atoms. The monoisotopic (exact) mass is 306 g/mol. The van der Waals surface area contributed by atoms with Crippen molar-refractivity contribution in [3.8, 4) is 0 Å². The van der Waals surface area contributed by atoms with E-state index in [1.165, 1.54) is 6.07 Å². The van der Waals surface area contributed by atoms with Crippen LogP contribution in [0.15, 0.2) is 30.3 Å². The normalized spacial score (nSPS) is 10.2. The fourth-order valence-corrected chi connectivity index (χ4v) is 1.96.